The molecular formula is C23H23F6N3O3. The highest BCUT2D eigenvalue weighted by atomic mass is 19.4. The zero-order valence-electron chi connectivity index (χ0n) is 18.3. The molecule has 1 aliphatic rings. The number of benzene rings is 2. The van der Waals surface area contributed by atoms with E-state index in [9.17, 15) is 26.3 Å². The molecule has 190 valence electrons. The number of aliphatic carboxylic acids is 1. The molecule has 0 saturated carbocycles. The fourth-order valence-electron chi connectivity index (χ4n) is 3.81. The van der Waals surface area contributed by atoms with E-state index in [0.717, 1.165) is 48.1 Å². The second kappa shape index (κ2) is 10.9. The Morgan fingerprint density at radius 1 is 1.03 bits per heavy atom. The average Bonchev–Trinajstić information content (AvgIpc) is 3.25. The minimum Gasteiger partial charge on any atom is -0.475 e. The number of carboxylic acid groups (broad SMARTS) is 1. The van der Waals surface area contributed by atoms with E-state index in [1.54, 1.807) is 6.07 Å². The number of alkyl halides is 6. The third-order valence-corrected chi connectivity index (χ3v) is 5.35. The van der Waals surface area contributed by atoms with E-state index in [0.29, 0.717) is 12.6 Å². The molecule has 2 aromatic carbocycles. The van der Waals surface area contributed by atoms with Crippen LogP contribution in [-0.2, 0) is 11.3 Å². The van der Waals surface area contributed by atoms with E-state index in [2.05, 4.69) is 32.1 Å². The number of rotatable bonds is 5. The summed E-state index contributed by atoms with van der Waals surface area (Å²) in [5.74, 6) is -2.94. The van der Waals surface area contributed by atoms with Crippen molar-refractivity contribution in [3.8, 4) is 5.75 Å². The number of nitrogens with one attached hydrogen (secondary N) is 2. The molecule has 0 atom stereocenters. The Bertz CT molecular complexity index is 1120. The number of carboxylic acids is 1. The summed E-state index contributed by atoms with van der Waals surface area (Å²) in [5.41, 5.74) is 2.92. The Balaban J connectivity index is 0.000000429. The lowest BCUT2D eigenvalue weighted by Gasteiger charge is -2.36. The standard InChI is InChI=1S/C21H22F3N3O.C2HF3O2/c22-21(23,24)28-19-3-1-2-15(12-19)14-27(17-7-9-25-10-8-17)18-4-5-20-16(13-18)6-11-26-20;3-2(4,5)1(6)7/h1-6,11-13,17,25-26H,7-10,14H2;(H,6,7). The van der Waals surface area contributed by atoms with Gasteiger partial charge in [-0.15, -0.1) is 13.2 Å². The fourth-order valence-corrected chi connectivity index (χ4v) is 3.81. The SMILES string of the molecule is FC(F)(F)Oc1cccc(CN(c2ccc3[nH]ccc3c2)C2CCNCC2)c1.O=C(O)C(F)(F)F. The van der Waals surface area contributed by atoms with Crippen LogP contribution in [0.15, 0.2) is 54.7 Å². The summed E-state index contributed by atoms with van der Waals surface area (Å²) in [6.07, 6.45) is -5.89. The minimum absolute atomic E-state index is 0.184. The molecule has 3 aromatic rings. The highest BCUT2D eigenvalue weighted by Crippen LogP contribution is 2.29. The summed E-state index contributed by atoms with van der Waals surface area (Å²) >= 11 is 0. The number of aromatic amines is 1. The van der Waals surface area contributed by atoms with Crippen molar-refractivity contribution in [1.29, 1.82) is 0 Å². The maximum atomic E-state index is 12.6. The summed E-state index contributed by atoms with van der Waals surface area (Å²) in [5, 5.41) is 11.6. The van der Waals surface area contributed by atoms with Gasteiger partial charge in [0, 0.05) is 35.4 Å². The first-order valence-corrected chi connectivity index (χ1v) is 10.6. The molecule has 6 nitrogen and oxygen atoms in total. The predicted molar refractivity (Wildman–Crippen MR) is 117 cm³/mol. The van der Waals surface area contributed by atoms with Crippen LogP contribution in [-0.4, -0.2) is 47.7 Å². The zero-order chi connectivity index (χ0) is 25.6. The third kappa shape index (κ3) is 7.81. The van der Waals surface area contributed by atoms with Gasteiger partial charge in [0.25, 0.3) is 0 Å². The molecule has 0 spiro atoms. The smallest absolute Gasteiger partial charge is 0.475 e. The highest BCUT2D eigenvalue weighted by Gasteiger charge is 2.38. The lowest BCUT2D eigenvalue weighted by atomic mass is 10.0. The van der Waals surface area contributed by atoms with Gasteiger partial charge in [0.15, 0.2) is 0 Å². The van der Waals surface area contributed by atoms with Crippen molar-refractivity contribution in [2.45, 2.75) is 38.0 Å². The molecule has 4 rings (SSSR count). The van der Waals surface area contributed by atoms with Crippen LogP contribution in [0.25, 0.3) is 10.9 Å². The van der Waals surface area contributed by atoms with E-state index >= 15 is 0 Å². The van der Waals surface area contributed by atoms with Gasteiger partial charge in [-0.3, -0.25) is 0 Å². The summed E-state index contributed by atoms with van der Waals surface area (Å²) in [4.78, 5) is 14.4. The maximum Gasteiger partial charge on any atom is 0.573 e. The van der Waals surface area contributed by atoms with Gasteiger partial charge in [0.2, 0.25) is 0 Å². The average molecular weight is 503 g/mol. The van der Waals surface area contributed by atoms with Crippen LogP contribution in [0.1, 0.15) is 18.4 Å². The van der Waals surface area contributed by atoms with E-state index < -0.39 is 18.5 Å². The number of nitrogens with zero attached hydrogens (tertiary/aromatic N) is 1. The molecule has 0 bridgehead atoms. The van der Waals surface area contributed by atoms with Crippen LogP contribution in [0.4, 0.5) is 32.0 Å². The number of ether oxygens (including phenoxy) is 1. The van der Waals surface area contributed by atoms with Gasteiger partial charge in [-0.1, -0.05) is 12.1 Å². The molecule has 0 aliphatic carbocycles. The monoisotopic (exact) mass is 503 g/mol. The van der Waals surface area contributed by atoms with E-state index in [1.807, 2.05) is 24.4 Å². The molecule has 2 heterocycles. The second-order valence-corrected chi connectivity index (χ2v) is 7.86. The van der Waals surface area contributed by atoms with Crippen LogP contribution in [0.5, 0.6) is 5.75 Å². The van der Waals surface area contributed by atoms with Crippen molar-refractivity contribution in [3.05, 3.63) is 60.3 Å². The van der Waals surface area contributed by atoms with Crippen LogP contribution < -0.4 is 15.0 Å². The number of hydrogen-bond acceptors (Lipinski definition) is 4. The number of hydrogen-bond donors (Lipinski definition) is 3. The topological polar surface area (TPSA) is 77.6 Å². The number of aromatic nitrogens is 1. The normalized spacial score (nSPS) is 14.8. The molecule has 3 N–H and O–H groups in total. The number of H-pyrrole nitrogens is 1. The van der Waals surface area contributed by atoms with Crippen LogP contribution in [0, 0.1) is 0 Å². The lowest BCUT2D eigenvalue weighted by molar-refractivity contribution is -0.274. The largest absolute Gasteiger partial charge is 0.573 e. The minimum atomic E-state index is -5.08. The first kappa shape index (κ1) is 26.2. The molecular weight excluding hydrogens is 480 g/mol. The summed E-state index contributed by atoms with van der Waals surface area (Å²) in [6, 6.07) is 14.8. The molecule has 12 heteroatoms. The van der Waals surface area contributed by atoms with Crippen LogP contribution in [0.2, 0.25) is 0 Å². The number of carbonyl (C=O) groups is 1. The number of anilines is 1. The quantitative estimate of drug-likeness (QED) is 0.403. The number of piperidine rings is 1. The number of fused-ring (bicyclic) bond motifs is 1. The summed E-state index contributed by atoms with van der Waals surface area (Å²) in [6.45, 7) is 2.39. The Labute approximate surface area is 196 Å². The van der Waals surface area contributed by atoms with Crippen molar-refractivity contribution in [1.82, 2.24) is 10.3 Å². The van der Waals surface area contributed by atoms with Crippen molar-refractivity contribution < 1.29 is 41.0 Å². The Kier molecular flexibility index (Phi) is 8.15. The predicted octanol–water partition coefficient (Wildman–Crippen LogP) is 5.46. The van der Waals surface area contributed by atoms with Gasteiger partial charge in [0.05, 0.1) is 0 Å². The molecule has 1 fully saturated rings. The van der Waals surface area contributed by atoms with Gasteiger partial charge in [-0.25, -0.2) is 4.79 Å². The highest BCUT2D eigenvalue weighted by molar-refractivity contribution is 5.83. The van der Waals surface area contributed by atoms with E-state index in [4.69, 9.17) is 9.90 Å². The lowest BCUT2D eigenvalue weighted by Crippen LogP contribution is -2.43. The van der Waals surface area contributed by atoms with E-state index in [-0.39, 0.29) is 5.75 Å². The van der Waals surface area contributed by atoms with Crippen molar-refractivity contribution in [2.75, 3.05) is 18.0 Å². The summed E-state index contributed by atoms with van der Waals surface area (Å²) in [7, 11) is 0. The van der Waals surface area contributed by atoms with Crippen molar-refractivity contribution in [2.24, 2.45) is 0 Å². The van der Waals surface area contributed by atoms with Crippen molar-refractivity contribution in [3.63, 3.8) is 0 Å². The van der Waals surface area contributed by atoms with Crippen molar-refractivity contribution >= 4 is 22.6 Å². The van der Waals surface area contributed by atoms with Gasteiger partial charge < -0.3 is 25.0 Å². The molecule has 1 saturated heterocycles. The fraction of sp³-hybridized carbons (Fsp3) is 0.348. The van der Waals surface area contributed by atoms with Gasteiger partial charge in [0.1, 0.15) is 5.75 Å². The van der Waals surface area contributed by atoms with E-state index in [1.165, 1.54) is 12.1 Å². The first-order chi connectivity index (χ1) is 16.4. The van der Waals surface area contributed by atoms with Gasteiger partial charge >= 0.3 is 18.5 Å². The molecule has 0 radical (unpaired) electrons. The molecule has 0 amide bonds. The molecule has 35 heavy (non-hydrogen) atoms. The Morgan fingerprint density at radius 2 is 1.71 bits per heavy atom. The third-order valence-electron chi connectivity index (χ3n) is 5.35. The molecule has 1 aliphatic heterocycles. The van der Waals surface area contributed by atoms with Gasteiger partial charge in [-0.05, 0) is 67.9 Å². The first-order valence-electron chi connectivity index (χ1n) is 10.6. The summed E-state index contributed by atoms with van der Waals surface area (Å²) < 4.78 is 73.5. The van der Waals surface area contributed by atoms with Crippen LogP contribution >= 0.6 is 0 Å². The Hall–Kier alpha value is -3.41. The molecule has 0 unspecified atom stereocenters. The molecule has 1 aromatic heterocycles. The van der Waals surface area contributed by atoms with Crippen LogP contribution in [0.3, 0.4) is 0 Å². The second-order valence-electron chi connectivity index (χ2n) is 7.86. The number of halogens is 6. The Morgan fingerprint density at radius 3 is 2.34 bits per heavy atom. The maximum absolute atomic E-state index is 12.6. The van der Waals surface area contributed by atoms with Gasteiger partial charge in [-0.2, -0.15) is 13.2 Å². The zero-order valence-corrected chi connectivity index (χ0v) is 18.3.